The molecule has 0 aliphatic carbocycles. The van der Waals surface area contributed by atoms with Crippen molar-refractivity contribution in [2.24, 2.45) is 5.41 Å². The summed E-state index contributed by atoms with van der Waals surface area (Å²) in [5.41, 5.74) is 0.982. The van der Waals surface area contributed by atoms with Crippen LogP contribution in [0, 0.1) is 12.3 Å². The fourth-order valence-corrected chi connectivity index (χ4v) is 3.39. The van der Waals surface area contributed by atoms with Crippen LogP contribution in [0.15, 0.2) is 36.7 Å². The van der Waals surface area contributed by atoms with E-state index < -0.39 is 5.41 Å². The predicted octanol–water partition coefficient (Wildman–Crippen LogP) is 2.01. The lowest BCUT2D eigenvalue weighted by molar-refractivity contribution is -0.125. The zero-order valence-corrected chi connectivity index (χ0v) is 15.1. The Morgan fingerprint density at radius 1 is 1.38 bits per heavy atom. The maximum atomic E-state index is 13.1. The number of methoxy groups -OCH3 is 1. The second kappa shape index (κ2) is 7.70. The van der Waals surface area contributed by atoms with E-state index in [-0.39, 0.29) is 12.5 Å². The Bertz CT molecular complexity index is 769. The molecule has 3 rings (SSSR count). The highest BCUT2D eigenvalue weighted by Gasteiger charge is 2.45. The third-order valence-electron chi connectivity index (χ3n) is 4.86. The highest BCUT2D eigenvalue weighted by Crippen LogP contribution is 2.37. The van der Waals surface area contributed by atoms with E-state index in [0.717, 1.165) is 5.56 Å². The summed E-state index contributed by atoms with van der Waals surface area (Å²) in [5.74, 6) is 1.10. The molecule has 1 amide bonds. The highest BCUT2D eigenvalue weighted by atomic mass is 16.5. The van der Waals surface area contributed by atoms with Crippen molar-refractivity contribution in [3.8, 4) is 5.75 Å². The minimum Gasteiger partial charge on any atom is -0.495 e. The maximum absolute atomic E-state index is 13.1. The molecule has 1 aromatic carbocycles. The predicted molar refractivity (Wildman–Crippen MR) is 99.4 cm³/mol. The number of rotatable bonds is 6. The summed E-state index contributed by atoms with van der Waals surface area (Å²) in [4.78, 5) is 23.7. The van der Waals surface area contributed by atoms with E-state index >= 15 is 0 Å². The fraction of sp³-hybridized carbons (Fsp3) is 0.421. The van der Waals surface area contributed by atoms with Gasteiger partial charge in [0.15, 0.2) is 0 Å². The highest BCUT2D eigenvalue weighted by molar-refractivity contribution is 5.97. The Kier molecular flexibility index (Phi) is 5.37. The number of carbonyl (C=O) groups excluding carboxylic acids is 1. The van der Waals surface area contributed by atoms with Gasteiger partial charge in [-0.25, -0.2) is 9.97 Å². The molecule has 0 saturated carbocycles. The molecule has 1 aromatic heterocycles. The number of nitrogens with one attached hydrogen (secondary N) is 1. The normalized spacial score (nSPS) is 19.4. The van der Waals surface area contributed by atoms with Gasteiger partial charge in [0.05, 0.1) is 18.2 Å². The molecule has 0 spiro atoms. The molecule has 138 valence electrons. The molecular formula is C19H24N4O3. The minimum absolute atomic E-state index is 0.0537. The van der Waals surface area contributed by atoms with Crippen LogP contribution in [0.25, 0.3) is 0 Å². The van der Waals surface area contributed by atoms with Gasteiger partial charge < -0.3 is 20.1 Å². The lowest BCUT2D eigenvalue weighted by Crippen LogP contribution is -2.40. The van der Waals surface area contributed by atoms with Crippen molar-refractivity contribution in [2.45, 2.75) is 19.8 Å². The molecule has 2 N–H and O–H groups in total. The average molecular weight is 356 g/mol. The first-order chi connectivity index (χ1) is 12.6. The van der Waals surface area contributed by atoms with E-state index in [9.17, 15) is 9.90 Å². The number of ether oxygens (including phenoxy) is 1. The first-order valence-corrected chi connectivity index (χ1v) is 8.67. The number of aryl methyl sites for hydroxylation is 1. The monoisotopic (exact) mass is 356 g/mol. The topological polar surface area (TPSA) is 87.6 Å². The van der Waals surface area contributed by atoms with Gasteiger partial charge in [0.1, 0.15) is 5.75 Å². The van der Waals surface area contributed by atoms with Crippen LogP contribution >= 0.6 is 0 Å². The average Bonchev–Trinajstić information content (AvgIpc) is 3.09. The third kappa shape index (κ3) is 3.62. The zero-order valence-electron chi connectivity index (χ0n) is 15.1. The molecule has 2 aromatic rings. The molecule has 0 bridgehead atoms. The van der Waals surface area contributed by atoms with Gasteiger partial charge in [0, 0.05) is 32.1 Å². The Morgan fingerprint density at radius 2 is 2.15 bits per heavy atom. The Balaban J connectivity index is 1.82. The second-order valence-corrected chi connectivity index (χ2v) is 6.63. The van der Waals surface area contributed by atoms with Crippen molar-refractivity contribution in [1.29, 1.82) is 0 Å². The van der Waals surface area contributed by atoms with E-state index in [2.05, 4.69) is 15.3 Å². The fourth-order valence-electron chi connectivity index (χ4n) is 3.39. The maximum Gasteiger partial charge on any atom is 0.232 e. The molecule has 7 nitrogen and oxygen atoms in total. The molecular weight excluding hydrogens is 332 g/mol. The van der Waals surface area contributed by atoms with Crippen LogP contribution in [0.3, 0.4) is 0 Å². The van der Waals surface area contributed by atoms with E-state index in [1.165, 1.54) is 0 Å². The molecule has 1 unspecified atom stereocenters. The van der Waals surface area contributed by atoms with Crippen LogP contribution < -0.4 is 15.0 Å². The largest absolute Gasteiger partial charge is 0.495 e. The van der Waals surface area contributed by atoms with Crippen molar-refractivity contribution in [2.75, 3.05) is 37.0 Å². The quantitative estimate of drug-likeness (QED) is 0.823. The van der Waals surface area contributed by atoms with Crippen molar-refractivity contribution in [3.63, 3.8) is 0 Å². The number of aromatic nitrogens is 2. The van der Waals surface area contributed by atoms with Crippen LogP contribution in [0.2, 0.25) is 0 Å². The van der Waals surface area contributed by atoms with Gasteiger partial charge >= 0.3 is 0 Å². The molecule has 2 heterocycles. The number of carbonyl (C=O) groups is 1. The number of hydrogen-bond acceptors (Lipinski definition) is 6. The van der Waals surface area contributed by atoms with Crippen LogP contribution in [0.5, 0.6) is 5.75 Å². The molecule has 1 atom stereocenters. The number of amides is 1. The van der Waals surface area contributed by atoms with Gasteiger partial charge in [-0.05, 0) is 43.5 Å². The molecule has 26 heavy (non-hydrogen) atoms. The molecule has 1 saturated heterocycles. The van der Waals surface area contributed by atoms with Crippen molar-refractivity contribution in [3.05, 3.63) is 42.2 Å². The Hall–Kier alpha value is -2.67. The standard InChI is InChI=1S/C19H24N4O3/c1-14-4-5-16(26-2)15(12-14)22-17(25)19(7-11-24)6-10-23(13-19)18-20-8-3-9-21-18/h3-5,8-9,12,24H,6-7,10-11,13H2,1-2H3,(H,22,25). The summed E-state index contributed by atoms with van der Waals surface area (Å²) in [6, 6.07) is 7.41. The summed E-state index contributed by atoms with van der Waals surface area (Å²) in [6.45, 7) is 3.05. The van der Waals surface area contributed by atoms with Gasteiger partial charge in [-0.15, -0.1) is 0 Å². The van der Waals surface area contributed by atoms with Crippen LogP contribution in [-0.4, -0.2) is 47.8 Å². The van der Waals surface area contributed by atoms with E-state index in [1.54, 1.807) is 25.6 Å². The summed E-state index contributed by atoms with van der Waals surface area (Å²) in [5, 5.41) is 12.6. The van der Waals surface area contributed by atoms with Crippen LogP contribution in [0.1, 0.15) is 18.4 Å². The van der Waals surface area contributed by atoms with E-state index in [1.807, 2.05) is 30.0 Å². The first kappa shape index (κ1) is 18.1. The Morgan fingerprint density at radius 3 is 2.85 bits per heavy atom. The number of aliphatic hydroxyl groups is 1. The van der Waals surface area contributed by atoms with Gasteiger partial charge in [0.2, 0.25) is 11.9 Å². The van der Waals surface area contributed by atoms with Gasteiger partial charge in [0.25, 0.3) is 0 Å². The smallest absolute Gasteiger partial charge is 0.232 e. The molecule has 1 aliphatic heterocycles. The lowest BCUT2D eigenvalue weighted by Gasteiger charge is -2.28. The van der Waals surface area contributed by atoms with Gasteiger partial charge in [-0.3, -0.25) is 4.79 Å². The molecule has 1 fully saturated rings. The summed E-state index contributed by atoms with van der Waals surface area (Å²) in [6.07, 6.45) is 4.39. The number of hydrogen-bond donors (Lipinski definition) is 2. The first-order valence-electron chi connectivity index (χ1n) is 8.67. The number of benzene rings is 1. The molecule has 7 heteroatoms. The van der Waals surface area contributed by atoms with Crippen LogP contribution in [-0.2, 0) is 4.79 Å². The Labute approximate surface area is 153 Å². The minimum atomic E-state index is -0.692. The van der Waals surface area contributed by atoms with Gasteiger partial charge in [-0.2, -0.15) is 0 Å². The lowest BCUT2D eigenvalue weighted by atomic mass is 9.82. The van der Waals surface area contributed by atoms with E-state index in [4.69, 9.17) is 4.74 Å². The van der Waals surface area contributed by atoms with Crippen molar-refractivity contribution >= 4 is 17.5 Å². The summed E-state index contributed by atoms with van der Waals surface area (Å²) in [7, 11) is 1.58. The third-order valence-corrected chi connectivity index (χ3v) is 4.86. The summed E-state index contributed by atoms with van der Waals surface area (Å²) < 4.78 is 5.35. The number of anilines is 2. The second-order valence-electron chi connectivity index (χ2n) is 6.63. The van der Waals surface area contributed by atoms with Crippen molar-refractivity contribution < 1.29 is 14.6 Å². The number of nitrogens with zero attached hydrogens (tertiary/aromatic N) is 3. The molecule has 0 radical (unpaired) electrons. The molecule has 1 aliphatic rings. The SMILES string of the molecule is COc1ccc(C)cc1NC(=O)C1(CCO)CCN(c2ncccn2)C1. The van der Waals surface area contributed by atoms with E-state index in [0.29, 0.717) is 43.3 Å². The zero-order chi connectivity index (χ0) is 18.6. The van der Waals surface area contributed by atoms with Crippen molar-refractivity contribution in [1.82, 2.24) is 9.97 Å². The van der Waals surface area contributed by atoms with Gasteiger partial charge in [-0.1, -0.05) is 6.07 Å². The number of aliphatic hydroxyl groups excluding tert-OH is 1. The van der Waals surface area contributed by atoms with Crippen LogP contribution in [0.4, 0.5) is 11.6 Å². The summed E-state index contributed by atoms with van der Waals surface area (Å²) >= 11 is 0.